The minimum atomic E-state index is 0.641. The molecule has 1 N–H and O–H groups in total. The zero-order valence-electron chi connectivity index (χ0n) is 12.4. The lowest BCUT2D eigenvalue weighted by Crippen LogP contribution is -2.30. The maximum Gasteiger partial charge on any atom is 0.174 e. The van der Waals surface area contributed by atoms with E-state index >= 15 is 0 Å². The molecule has 0 bridgehead atoms. The summed E-state index contributed by atoms with van der Waals surface area (Å²) in [6, 6.07) is 4.85. The Morgan fingerprint density at radius 2 is 2.00 bits per heavy atom. The van der Waals surface area contributed by atoms with E-state index in [1.807, 2.05) is 6.92 Å². The van der Waals surface area contributed by atoms with Crippen LogP contribution in [0, 0.1) is 0 Å². The zero-order valence-corrected chi connectivity index (χ0v) is 14.0. The molecule has 1 aliphatic carbocycles. The van der Waals surface area contributed by atoms with E-state index in [2.05, 4.69) is 33.4 Å². The Kier molecular flexibility index (Phi) is 6.17. The number of hydrogen-bond donors (Lipinski definition) is 1. The van der Waals surface area contributed by atoms with Crippen LogP contribution in [0.4, 0.5) is 0 Å². The second kappa shape index (κ2) is 7.89. The summed E-state index contributed by atoms with van der Waals surface area (Å²) < 4.78 is 12.0. The first kappa shape index (κ1) is 15.6. The number of benzene rings is 1. The Morgan fingerprint density at radius 3 is 2.65 bits per heavy atom. The molecule has 1 saturated carbocycles. The molecule has 1 aromatic rings. The van der Waals surface area contributed by atoms with Crippen LogP contribution in [0.15, 0.2) is 16.6 Å². The van der Waals surface area contributed by atoms with Crippen molar-refractivity contribution in [2.45, 2.75) is 51.6 Å². The zero-order chi connectivity index (χ0) is 14.4. The van der Waals surface area contributed by atoms with E-state index in [-0.39, 0.29) is 0 Å². The van der Waals surface area contributed by atoms with Crippen molar-refractivity contribution in [2.75, 3.05) is 13.7 Å². The average Bonchev–Trinajstić information content (AvgIpc) is 2.46. The molecule has 1 fully saturated rings. The van der Waals surface area contributed by atoms with Crippen LogP contribution in [0.1, 0.15) is 44.6 Å². The predicted molar refractivity (Wildman–Crippen MR) is 85.6 cm³/mol. The summed E-state index contributed by atoms with van der Waals surface area (Å²) in [5.41, 5.74) is 1.23. The predicted octanol–water partition coefficient (Wildman–Crippen LogP) is 4.28. The molecule has 0 heterocycles. The van der Waals surface area contributed by atoms with E-state index in [0.29, 0.717) is 12.6 Å². The first-order valence-corrected chi connectivity index (χ1v) is 8.26. The van der Waals surface area contributed by atoms with Gasteiger partial charge < -0.3 is 14.8 Å². The van der Waals surface area contributed by atoms with E-state index in [9.17, 15) is 0 Å². The maximum absolute atomic E-state index is 5.66. The Morgan fingerprint density at radius 1 is 1.25 bits per heavy atom. The normalized spacial score (nSPS) is 16.1. The Balaban J connectivity index is 2.03. The van der Waals surface area contributed by atoms with Crippen LogP contribution in [0.2, 0.25) is 0 Å². The fourth-order valence-electron chi connectivity index (χ4n) is 2.75. The first-order valence-electron chi connectivity index (χ1n) is 7.47. The molecule has 20 heavy (non-hydrogen) atoms. The highest BCUT2D eigenvalue weighted by Crippen LogP contribution is 2.36. The van der Waals surface area contributed by atoms with Crippen LogP contribution in [0.3, 0.4) is 0 Å². The lowest BCUT2D eigenvalue weighted by Gasteiger charge is -2.23. The number of ether oxygens (including phenoxy) is 2. The van der Waals surface area contributed by atoms with Crippen LogP contribution in [0.25, 0.3) is 0 Å². The van der Waals surface area contributed by atoms with Crippen molar-refractivity contribution in [3.63, 3.8) is 0 Å². The Bertz CT molecular complexity index is 431. The lowest BCUT2D eigenvalue weighted by molar-refractivity contribution is 0.309. The Hall–Kier alpha value is -0.740. The van der Waals surface area contributed by atoms with E-state index in [4.69, 9.17) is 9.47 Å². The molecule has 0 radical (unpaired) electrons. The molecule has 112 valence electrons. The van der Waals surface area contributed by atoms with Crippen molar-refractivity contribution >= 4 is 15.9 Å². The third-order valence-corrected chi connectivity index (χ3v) is 4.36. The molecule has 4 heteroatoms. The molecular formula is C16H24BrNO2. The minimum absolute atomic E-state index is 0.641. The van der Waals surface area contributed by atoms with Crippen molar-refractivity contribution < 1.29 is 9.47 Å². The molecule has 0 aliphatic heterocycles. The molecule has 0 saturated heterocycles. The van der Waals surface area contributed by atoms with Crippen molar-refractivity contribution in [3.05, 3.63) is 22.2 Å². The van der Waals surface area contributed by atoms with Gasteiger partial charge in [-0.05, 0) is 53.4 Å². The third-order valence-electron chi connectivity index (χ3n) is 3.77. The third kappa shape index (κ3) is 4.13. The van der Waals surface area contributed by atoms with Gasteiger partial charge in [0.15, 0.2) is 11.5 Å². The van der Waals surface area contributed by atoms with Gasteiger partial charge in [0.05, 0.1) is 18.2 Å². The van der Waals surface area contributed by atoms with Gasteiger partial charge in [-0.25, -0.2) is 0 Å². The second-order valence-electron chi connectivity index (χ2n) is 5.26. The quantitative estimate of drug-likeness (QED) is 0.837. The van der Waals surface area contributed by atoms with Crippen molar-refractivity contribution in [1.82, 2.24) is 5.32 Å². The van der Waals surface area contributed by atoms with Gasteiger partial charge in [0.1, 0.15) is 0 Å². The highest BCUT2D eigenvalue weighted by molar-refractivity contribution is 9.10. The fraction of sp³-hybridized carbons (Fsp3) is 0.625. The topological polar surface area (TPSA) is 30.5 Å². The number of nitrogens with one attached hydrogen (secondary N) is 1. The highest BCUT2D eigenvalue weighted by atomic mass is 79.9. The molecule has 1 aromatic carbocycles. The summed E-state index contributed by atoms with van der Waals surface area (Å²) in [4.78, 5) is 0. The van der Waals surface area contributed by atoms with Crippen molar-refractivity contribution in [1.29, 1.82) is 0 Å². The largest absolute Gasteiger partial charge is 0.492 e. The summed E-state index contributed by atoms with van der Waals surface area (Å²) in [6.45, 7) is 3.51. The van der Waals surface area contributed by atoms with Crippen LogP contribution < -0.4 is 14.8 Å². The maximum atomic E-state index is 5.66. The average molecular weight is 342 g/mol. The first-order chi connectivity index (χ1) is 9.74. The number of hydrogen-bond acceptors (Lipinski definition) is 3. The SMILES string of the molecule is CCOc1cc(CNC2CCCCC2)cc(Br)c1OC. The summed E-state index contributed by atoms with van der Waals surface area (Å²) in [5, 5.41) is 3.65. The number of halogens is 1. The van der Waals surface area contributed by atoms with Crippen LogP contribution in [-0.2, 0) is 6.54 Å². The van der Waals surface area contributed by atoms with Gasteiger partial charge >= 0.3 is 0 Å². The number of methoxy groups -OCH3 is 1. The van der Waals surface area contributed by atoms with E-state index in [0.717, 1.165) is 22.5 Å². The summed E-state index contributed by atoms with van der Waals surface area (Å²) in [5.74, 6) is 1.58. The highest BCUT2D eigenvalue weighted by Gasteiger charge is 2.14. The minimum Gasteiger partial charge on any atom is -0.492 e. The van der Waals surface area contributed by atoms with Gasteiger partial charge in [-0.15, -0.1) is 0 Å². The molecule has 3 nitrogen and oxygen atoms in total. The molecule has 0 unspecified atom stereocenters. The molecule has 0 amide bonds. The Labute approximate surface area is 130 Å². The molecule has 1 aliphatic rings. The van der Waals surface area contributed by atoms with E-state index < -0.39 is 0 Å². The van der Waals surface area contributed by atoms with Crippen LogP contribution in [0.5, 0.6) is 11.5 Å². The lowest BCUT2D eigenvalue weighted by atomic mass is 9.95. The smallest absolute Gasteiger partial charge is 0.174 e. The van der Waals surface area contributed by atoms with Gasteiger partial charge in [0, 0.05) is 12.6 Å². The molecular weight excluding hydrogens is 318 g/mol. The van der Waals surface area contributed by atoms with Gasteiger partial charge in [-0.2, -0.15) is 0 Å². The van der Waals surface area contributed by atoms with Gasteiger partial charge in [-0.1, -0.05) is 19.3 Å². The second-order valence-corrected chi connectivity index (χ2v) is 6.11. The molecule has 2 rings (SSSR count). The monoisotopic (exact) mass is 341 g/mol. The van der Waals surface area contributed by atoms with Crippen LogP contribution in [-0.4, -0.2) is 19.8 Å². The van der Waals surface area contributed by atoms with Crippen molar-refractivity contribution in [2.24, 2.45) is 0 Å². The summed E-state index contributed by atoms with van der Waals surface area (Å²) in [6.07, 6.45) is 6.70. The van der Waals surface area contributed by atoms with Crippen LogP contribution >= 0.6 is 15.9 Å². The molecule has 0 atom stereocenters. The van der Waals surface area contributed by atoms with Gasteiger partial charge in [0.2, 0.25) is 0 Å². The molecule has 0 aromatic heterocycles. The fourth-order valence-corrected chi connectivity index (χ4v) is 3.40. The number of rotatable bonds is 6. The molecule has 0 spiro atoms. The van der Waals surface area contributed by atoms with Crippen molar-refractivity contribution in [3.8, 4) is 11.5 Å². The summed E-state index contributed by atoms with van der Waals surface area (Å²) >= 11 is 3.56. The van der Waals surface area contributed by atoms with E-state index in [1.165, 1.54) is 37.7 Å². The van der Waals surface area contributed by atoms with Gasteiger partial charge in [0.25, 0.3) is 0 Å². The van der Waals surface area contributed by atoms with E-state index in [1.54, 1.807) is 7.11 Å². The van der Waals surface area contributed by atoms with Gasteiger partial charge in [-0.3, -0.25) is 0 Å². The summed E-state index contributed by atoms with van der Waals surface area (Å²) in [7, 11) is 1.67. The standard InChI is InChI=1S/C16H24BrNO2/c1-3-20-15-10-12(9-14(17)16(15)19-2)11-18-13-7-5-4-6-8-13/h9-10,13,18H,3-8,11H2,1-2H3.